The molecule has 1 aliphatic carbocycles. The van der Waals surface area contributed by atoms with E-state index < -0.39 is 11.9 Å². The summed E-state index contributed by atoms with van der Waals surface area (Å²) in [6.45, 7) is 0. The monoisotopic (exact) mass is 862 g/mol. The molecule has 13 nitrogen and oxygen atoms in total. The lowest BCUT2D eigenvalue weighted by Crippen LogP contribution is -2.16. The van der Waals surface area contributed by atoms with Crippen molar-refractivity contribution in [2.24, 2.45) is 0 Å². The summed E-state index contributed by atoms with van der Waals surface area (Å²) in [6, 6.07) is 42.4. The number of nitrogens with two attached hydrogens (primary N) is 2. The number of aromatic nitrogens is 6. The number of methoxy groups -OCH3 is 1. The van der Waals surface area contributed by atoms with Crippen LogP contribution in [0.4, 0.5) is 11.6 Å². The van der Waals surface area contributed by atoms with Gasteiger partial charge in [-0.1, -0.05) is 92.1 Å². The molecule has 1 aliphatic rings. The molecule has 9 aromatic rings. The first-order valence-electron chi connectivity index (χ1n) is 21.7. The summed E-state index contributed by atoms with van der Waals surface area (Å²) < 4.78 is 21.9. The van der Waals surface area contributed by atoms with Crippen LogP contribution in [-0.2, 0) is 4.79 Å². The normalized spacial score (nSPS) is 13.5. The van der Waals surface area contributed by atoms with Gasteiger partial charge < -0.3 is 30.8 Å². The van der Waals surface area contributed by atoms with Crippen molar-refractivity contribution in [1.82, 2.24) is 29.2 Å². The molecule has 0 spiro atoms. The predicted octanol–water partition coefficient (Wildman–Crippen LogP) is 11.2. The third kappa shape index (κ3) is 7.81. The molecule has 5 N–H and O–H groups in total. The minimum atomic E-state index is -1.00. The maximum absolute atomic E-state index is 13.7. The topological polar surface area (TPSA) is 177 Å². The Morgan fingerprint density at radius 1 is 0.631 bits per heavy atom. The Morgan fingerprint density at radius 2 is 1.14 bits per heavy atom. The molecule has 4 aromatic heterocycles. The Kier molecular flexibility index (Phi) is 11.0. The number of carbonyl (C=O) groups is 1. The first kappa shape index (κ1) is 40.9. The molecular weight excluding hydrogens is 817 g/mol. The molecule has 4 heterocycles. The lowest BCUT2D eigenvalue weighted by Gasteiger charge is -2.27. The number of aliphatic carboxylic acids is 1. The highest BCUT2D eigenvalue weighted by Gasteiger charge is 2.39. The molecule has 1 fully saturated rings. The number of carboxylic acid groups (broad SMARTS) is 1. The van der Waals surface area contributed by atoms with E-state index in [1.165, 1.54) is 12.7 Å². The lowest BCUT2D eigenvalue weighted by molar-refractivity contribution is -0.137. The molecular formula is C52H46N8O5. The quantitative estimate of drug-likeness (QED) is 0.100. The van der Waals surface area contributed by atoms with Crippen LogP contribution in [0.5, 0.6) is 28.7 Å². The zero-order chi connectivity index (χ0) is 44.4. The van der Waals surface area contributed by atoms with Gasteiger partial charge in [0.05, 0.1) is 24.9 Å². The number of rotatable bonds is 13. The van der Waals surface area contributed by atoms with Crippen LogP contribution < -0.4 is 25.7 Å². The average Bonchev–Trinajstić information content (AvgIpc) is 3.88. The van der Waals surface area contributed by atoms with Crippen molar-refractivity contribution < 1.29 is 24.1 Å². The van der Waals surface area contributed by atoms with Gasteiger partial charge in [-0.15, -0.1) is 0 Å². The van der Waals surface area contributed by atoms with Gasteiger partial charge in [-0.2, -0.15) is 10.2 Å². The molecule has 13 heteroatoms. The molecule has 5 aromatic carbocycles. The molecule has 10 rings (SSSR count). The van der Waals surface area contributed by atoms with Gasteiger partial charge >= 0.3 is 5.97 Å². The molecule has 0 saturated heterocycles. The van der Waals surface area contributed by atoms with Crippen LogP contribution in [0.1, 0.15) is 67.2 Å². The second kappa shape index (κ2) is 17.5. The smallest absolute Gasteiger partial charge is 0.304 e. The molecule has 65 heavy (non-hydrogen) atoms. The van der Waals surface area contributed by atoms with Gasteiger partial charge in [0, 0.05) is 28.5 Å². The van der Waals surface area contributed by atoms with E-state index in [1.54, 1.807) is 11.6 Å². The largest absolute Gasteiger partial charge is 0.497 e. The van der Waals surface area contributed by atoms with Crippen LogP contribution in [0.15, 0.2) is 146 Å². The number of hydrogen-bond acceptors (Lipinski definition) is 10. The van der Waals surface area contributed by atoms with Crippen molar-refractivity contribution in [1.29, 1.82) is 0 Å². The number of benzene rings is 5. The van der Waals surface area contributed by atoms with Crippen LogP contribution in [0, 0.1) is 0 Å². The number of anilines is 2. The van der Waals surface area contributed by atoms with E-state index in [0.29, 0.717) is 56.6 Å². The van der Waals surface area contributed by atoms with Crippen molar-refractivity contribution in [3.8, 4) is 62.3 Å². The fraction of sp³-hybridized carbons (Fsp3) is 0.173. The number of hydrogen-bond donors (Lipinski definition) is 3. The van der Waals surface area contributed by atoms with Crippen molar-refractivity contribution in [2.75, 3.05) is 18.6 Å². The number of fused-ring (bicyclic) bond motifs is 2. The van der Waals surface area contributed by atoms with Gasteiger partial charge in [0.1, 0.15) is 52.4 Å². The fourth-order valence-corrected chi connectivity index (χ4v) is 9.53. The third-order valence-corrected chi connectivity index (χ3v) is 12.3. The van der Waals surface area contributed by atoms with Crippen molar-refractivity contribution in [3.63, 3.8) is 0 Å². The number of nitrogens with zero attached hydrogens (tertiary/aromatic N) is 6. The number of carboxylic acids is 1. The van der Waals surface area contributed by atoms with Gasteiger partial charge in [-0.3, -0.25) is 4.79 Å². The highest BCUT2D eigenvalue weighted by molar-refractivity contribution is 5.99. The number of ether oxygens (including phenoxy) is 3. The van der Waals surface area contributed by atoms with E-state index in [1.807, 2.05) is 138 Å². The Balaban J connectivity index is 1.29. The van der Waals surface area contributed by atoms with Crippen molar-refractivity contribution in [2.45, 2.75) is 50.4 Å². The summed E-state index contributed by atoms with van der Waals surface area (Å²) in [4.78, 5) is 22.8. The maximum Gasteiger partial charge on any atom is 0.304 e. The van der Waals surface area contributed by atoms with Crippen LogP contribution in [0.2, 0.25) is 0 Å². The zero-order valence-corrected chi connectivity index (χ0v) is 35.7. The molecule has 1 unspecified atom stereocenters. The van der Waals surface area contributed by atoms with E-state index >= 15 is 0 Å². The Bertz CT molecular complexity index is 3150. The van der Waals surface area contributed by atoms with Crippen LogP contribution in [0.25, 0.3) is 44.5 Å². The highest BCUT2D eigenvalue weighted by atomic mass is 16.5. The third-order valence-electron chi connectivity index (χ3n) is 12.3. The molecule has 0 bridgehead atoms. The van der Waals surface area contributed by atoms with Crippen LogP contribution >= 0.6 is 0 Å². The minimum Gasteiger partial charge on any atom is -0.497 e. The summed E-state index contributed by atoms with van der Waals surface area (Å²) in [6.07, 6.45) is 7.50. The minimum absolute atomic E-state index is 0.0336. The summed E-state index contributed by atoms with van der Waals surface area (Å²) in [7, 11) is 1.62. The summed E-state index contributed by atoms with van der Waals surface area (Å²) >= 11 is 0. The molecule has 0 aliphatic heterocycles. The second-order valence-electron chi connectivity index (χ2n) is 16.2. The average molecular weight is 863 g/mol. The summed E-state index contributed by atoms with van der Waals surface area (Å²) in [5.74, 6) is 1.97. The van der Waals surface area contributed by atoms with Crippen LogP contribution in [0.3, 0.4) is 0 Å². The fourth-order valence-electron chi connectivity index (χ4n) is 9.53. The summed E-state index contributed by atoms with van der Waals surface area (Å²) in [5.41, 5.74) is 21.7. The first-order chi connectivity index (χ1) is 31.9. The zero-order valence-electron chi connectivity index (χ0n) is 35.7. The Labute approximate surface area is 374 Å². The van der Waals surface area contributed by atoms with Gasteiger partial charge in [-0.25, -0.2) is 19.0 Å². The highest BCUT2D eigenvalue weighted by Crippen LogP contribution is 2.53. The Morgan fingerprint density at radius 3 is 1.69 bits per heavy atom. The van der Waals surface area contributed by atoms with E-state index in [4.69, 9.17) is 35.9 Å². The van der Waals surface area contributed by atoms with E-state index in [9.17, 15) is 9.90 Å². The Hall–Kier alpha value is -8.19. The van der Waals surface area contributed by atoms with E-state index in [0.717, 1.165) is 65.6 Å². The lowest BCUT2D eigenvalue weighted by atomic mass is 9.76. The van der Waals surface area contributed by atoms with Crippen LogP contribution in [-0.4, -0.2) is 47.4 Å². The predicted molar refractivity (Wildman–Crippen MR) is 251 cm³/mol. The maximum atomic E-state index is 13.7. The van der Waals surface area contributed by atoms with Gasteiger partial charge in [0.15, 0.2) is 11.6 Å². The van der Waals surface area contributed by atoms with Gasteiger partial charge in [-0.05, 0) is 95.8 Å². The molecule has 1 atom stereocenters. The van der Waals surface area contributed by atoms with E-state index in [-0.39, 0.29) is 24.0 Å². The van der Waals surface area contributed by atoms with Gasteiger partial charge in [0.25, 0.3) is 0 Å². The molecule has 324 valence electrons. The molecule has 0 radical (unpaired) electrons. The van der Waals surface area contributed by atoms with Crippen molar-refractivity contribution in [3.05, 3.63) is 163 Å². The standard InChI is InChI=1S/C52H46N8O5/c1-63-40-19-11-14-35(28-40)48-46(44(50-52(54)56-31-58-60(48)50)33-22-26-39(27-23-33)65-37-17-9-4-10-18-37)41(29-42(61)62)45-43(32-20-24-38(25-21-32)64-36-15-7-3-8-16-36)49-51(53)55-30-57-59(49)47(45)34-12-5-2-6-13-34/h3-4,7-11,14-28,30-31,34,41H,2,5-6,12-13,29H2,1H3,(H,61,62)(H2,53,55,57)(H2,54,56,58). The number of para-hydroxylation sites is 2. The SMILES string of the molecule is COc1cccc(-c2c(C(CC(=O)O)c3c(-c4ccc(Oc5ccccc5)cc4)c4c(N)ncnn4c3C3CCCCC3)c(-c3ccc(Oc4ccccc4)cc3)c3c(N)ncnn23)c1. The number of nitrogen functional groups attached to an aromatic ring is 2. The van der Waals surface area contributed by atoms with Gasteiger partial charge in [0.2, 0.25) is 0 Å². The summed E-state index contributed by atoms with van der Waals surface area (Å²) in [5, 5.41) is 21.0. The van der Waals surface area contributed by atoms with E-state index in [2.05, 4.69) is 9.97 Å². The molecule has 0 amide bonds. The van der Waals surface area contributed by atoms with Crippen molar-refractivity contribution >= 4 is 28.6 Å². The molecule has 1 saturated carbocycles. The second-order valence-corrected chi connectivity index (χ2v) is 16.2. The first-order valence-corrected chi connectivity index (χ1v) is 21.7.